The lowest BCUT2D eigenvalue weighted by molar-refractivity contribution is 1.19. The fourth-order valence-electron chi connectivity index (χ4n) is 1.68. The Balaban J connectivity index is 2.38. The molecule has 0 saturated heterocycles. The van der Waals surface area contributed by atoms with Crippen molar-refractivity contribution in [3.8, 4) is 0 Å². The van der Waals surface area contributed by atoms with Gasteiger partial charge in [-0.25, -0.2) is 0 Å². The van der Waals surface area contributed by atoms with Gasteiger partial charge in [-0.15, -0.1) is 0 Å². The quantitative estimate of drug-likeness (QED) is 0.801. The average molecular weight is 356 g/mol. The van der Waals surface area contributed by atoms with Crippen molar-refractivity contribution in [2.45, 2.75) is 6.42 Å². The molecule has 0 spiro atoms. The van der Waals surface area contributed by atoms with Gasteiger partial charge in [0.25, 0.3) is 0 Å². The molecule has 0 heterocycles. The minimum absolute atomic E-state index is 0.733. The second-order valence-electron chi connectivity index (χ2n) is 3.80. The summed E-state index contributed by atoms with van der Waals surface area (Å²) < 4.78 is 1.84. The molecule has 4 heteroatoms. The van der Waals surface area contributed by atoms with Crippen LogP contribution in [0.3, 0.4) is 0 Å². The number of halogens is 2. The summed E-state index contributed by atoms with van der Waals surface area (Å²) in [6.45, 7) is 0. The molecular formula is C13H12Br2N2. The lowest BCUT2D eigenvalue weighted by Crippen LogP contribution is -2.00. The number of rotatable bonds is 2. The van der Waals surface area contributed by atoms with E-state index in [4.69, 9.17) is 11.5 Å². The summed E-state index contributed by atoms with van der Waals surface area (Å²) in [4.78, 5) is 0. The number of para-hydroxylation sites is 2. The monoisotopic (exact) mass is 354 g/mol. The Morgan fingerprint density at radius 2 is 1.18 bits per heavy atom. The van der Waals surface area contributed by atoms with E-state index in [1.165, 1.54) is 0 Å². The summed E-state index contributed by atoms with van der Waals surface area (Å²) in [5.74, 6) is 0. The molecule has 88 valence electrons. The van der Waals surface area contributed by atoms with Gasteiger partial charge in [0, 0.05) is 26.7 Å². The predicted octanol–water partition coefficient (Wildman–Crippen LogP) is 3.97. The second-order valence-corrected chi connectivity index (χ2v) is 5.51. The van der Waals surface area contributed by atoms with Crippen molar-refractivity contribution in [2.24, 2.45) is 0 Å². The molecule has 0 aliphatic carbocycles. The van der Waals surface area contributed by atoms with Crippen LogP contribution in [0.25, 0.3) is 0 Å². The maximum Gasteiger partial charge on any atom is 0.0494 e. The van der Waals surface area contributed by atoms with E-state index in [9.17, 15) is 0 Å². The molecule has 0 aromatic heterocycles. The van der Waals surface area contributed by atoms with Crippen LogP contribution in [0, 0.1) is 0 Å². The molecule has 0 bridgehead atoms. The van der Waals surface area contributed by atoms with E-state index in [0.717, 1.165) is 37.9 Å². The number of anilines is 2. The Kier molecular flexibility index (Phi) is 3.74. The lowest BCUT2D eigenvalue weighted by atomic mass is 10.0. The van der Waals surface area contributed by atoms with Gasteiger partial charge in [0.2, 0.25) is 0 Å². The molecule has 2 nitrogen and oxygen atoms in total. The van der Waals surface area contributed by atoms with Crippen molar-refractivity contribution in [3.05, 3.63) is 56.5 Å². The van der Waals surface area contributed by atoms with E-state index in [1.807, 2.05) is 36.4 Å². The summed E-state index contributed by atoms with van der Waals surface area (Å²) in [7, 11) is 0. The zero-order chi connectivity index (χ0) is 12.4. The summed E-state index contributed by atoms with van der Waals surface area (Å²) in [5.41, 5.74) is 15.7. The van der Waals surface area contributed by atoms with Crippen molar-refractivity contribution < 1.29 is 0 Å². The van der Waals surface area contributed by atoms with E-state index in [-0.39, 0.29) is 0 Å². The van der Waals surface area contributed by atoms with Crippen LogP contribution in [0.4, 0.5) is 11.4 Å². The highest BCUT2D eigenvalue weighted by Gasteiger charge is 2.07. The van der Waals surface area contributed by atoms with Gasteiger partial charge in [-0.1, -0.05) is 24.3 Å². The van der Waals surface area contributed by atoms with Gasteiger partial charge in [0.05, 0.1) is 0 Å². The Bertz CT molecular complexity index is 504. The van der Waals surface area contributed by atoms with Crippen LogP contribution in [0.1, 0.15) is 11.1 Å². The van der Waals surface area contributed by atoms with E-state index in [1.54, 1.807) is 0 Å². The third kappa shape index (κ3) is 2.64. The third-order valence-electron chi connectivity index (χ3n) is 2.67. The van der Waals surface area contributed by atoms with Gasteiger partial charge in [0.1, 0.15) is 0 Å². The molecule has 0 unspecified atom stereocenters. The van der Waals surface area contributed by atoms with Gasteiger partial charge < -0.3 is 11.5 Å². The number of benzene rings is 2. The standard InChI is InChI=1S/C13H12Br2N2/c14-10-5-1-3-8(12(10)16)7-9-4-2-6-11(15)13(9)17/h1-6H,7,16-17H2. The van der Waals surface area contributed by atoms with E-state index >= 15 is 0 Å². The number of nitrogen functional groups attached to an aromatic ring is 2. The fourth-order valence-corrected chi connectivity index (χ4v) is 2.49. The number of nitrogens with two attached hydrogens (primary N) is 2. The largest absolute Gasteiger partial charge is 0.398 e. The molecular weight excluding hydrogens is 344 g/mol. The first kappa shape index (κ1) is 12.5. The number of hydrogen-bond donors (Lipinski definition) is 2. The Labute approximate surface area is 117 Å². The molecule has 0 aliphatic heterocycles. The van der Waals surface area contributed by atoms with Crippen LogP contribution >= 0.6 is 31.9 Å². The lowest BCUT2D eigenvalue weighted by Gasteiger charge is -2.10. The zero-order valence-electron chi connectivity index (χ0n) is 9.08. The molecule has 4 N–H and O–H groups in total. The Morgan fingerprint density at radius 3 is 1.59 bits per heavy atom. The van der Waals surface area contributed by atoms with Gasteiger partial charge in [0.15, 0.2) is 0 Å². The predicted molar refractivity (Wildman–Crippen MR) is 79.9 cm³/mol. The molecule has 0 amide bonds. The summed E-state index contributed by atoms with van der Waals surface area (Å²) >= 11 is 6.85. The topological polar surface area (TPSA) is 52.0 Å². The summed E-state index contributed by atoms with van der Waals surface area (Å²) in [6, 6.07) is 11.8. The Hall–Kier alpha value is -1.00. The van der Waals surface area contributed by atoms with Crippen LogP contribution in [-0.2, 0) is 6.42 Å². The first-order chi connectivity index (χ1) is 8.09. The first-order valence-electron chi connectivity index (χ1n) is 5.15. The number of hydrogen-bond acceptors (Lipinski definition) is 2. The molecule has 0 fully saturated rings. The molecule has 0 saturated carbocycles. The first-order valence-corrected chi connectivity index (χ1v) is 6.74. The van der Waals surface area contributed by atoms with E-state index in [2.05, 4.69) is 31.9 Å². The van der Waals surface area contributed by atoms with E-state index in [0.29, 0.717) is 0 Å². The van der Waals surface area contributed by atoms with Crippen molar-refractivity contribution in [2.75, 3.05) is 11.5 Å². The summed E-state index contributed by atoms with van der Waals surface area (Å²) in [6.07, 6.45) is 0.733. The molecule has 2 aromatic carbocycles. The highest BCUT2D eigenvalue weighted by atomic mass is 79.9. The van der Waals surface area contributed by atoms with E-state index < -0.39 is 0 Å². The fraction of sp³-hybridized carbons (Fsp3) is 0.0769. The van der Waals surface area contributed by atoms with Crippen LogP contribution in [0.15, 0.2) is 45.3 Å². The van der Waals surface area contributed by atoms with Gasteiger partial charge in [-0.05, 0) is 55.1 Å². The molecule has 0 aliphatic rings. The molecule has 2 rings (SSSR count). The Morgan fingerprint density at radius 1 is 0.765 bits per heavy atom. The molecule has 0 atom stereocenters. The minimum Gasteiger partial charge on any atom is -0.398 e. The minimum atomic E-state index is 0.733. The van der Waals surface area contributed by atoms with Crippen LogP contribution < -0.4 is 11.5 Å². The van der Waals surface area contributed by atoms with Crippen LogP contribution in [0.5, 0.6) is 0 Å². The van der Waals surface area contributed by atoms with Crippen molar-refractivity contribution >= 4 is 43.2 Å². The van der Waals surface area contributed by atoms with Gasteiger partial charge in [-0.3, -0.25) is 0 Å². The third-order valence-corrected chi connectivity index (χ3v) is 4.05. The van der Waals surface area contributed by atoms with Gasteiger partial charge >= 0.3 is 0 Å². The molecule has 0 radical (unpaired) electrons. The highest BCUT2D eigenvalue weighted by Crippen LogP contribution is 2.29. The highest BCUT2D eigenvalue weighted by molar-refractivity contribution is 9.11. The second kappa shape index (κ2) is 5.10. The molecule has 17 heavy (non-hydrogen) atoms. The zero-order valence-corrected chi connectivity index (χ0v) is 12.3. The average Bonchev–Trinajstić information content (AvgIpc) is 2.31. The maximum atomic E-state index is 6.02. The smallest absolute Gasteiger partial charge is 0.0494 e. The SMILES string of the molecule is Nc1c(Br)cccc1Cc1cccc(Br)c1N. The van der Waals surface area contributed by atoms with Crippen LogP contribution in [0.2, 0.25) is 0 Å². The van der Waals surface area contributed by atoms with Crippen molar-refractivity contribution in [1.29, 1.82) is 0 Å². The normalized spacial score (nSPS) is 10.5. The molecule has 2 aromatic rings. The van der Waals surface area contributed by atoms with Crippen molar-refractivity contribution in [1.82, 2.24) is 0 Å². The van der Waals surface area contributed by atoms with Crippen molar-refractivity contribution in [3.63, 3.8) is 0 Å². The summed E-state index contributed by atoms with van der Waals surface area (Å²) in [5, 5.41) is 0. The maximum absolute atomic E-state index is 6.02. The van der Waals surface area contributed by atoms with Crippen LogP contribution in [-0.4, -0.2) is 0 Å². The van der Waals surface area contributed by atoms with Gasteiger partial charge in [-0.2, -0.15) is 0 Å².